The topological polar surface area (TPSA) is 229 Å². The van der Waals surface area contributed by atoms with Crippen molar-refractivity contribution in [2.75, 3.05) is 12.3 Å². The molecule has 4 rings (SSSR count). The van der Waals surface area contributed by atoms with Gasteiger partial charge in [-0.15, -0.1) is 10.2 Å². The zero-order valence-corrected chi connectivity index (χ0v) is 17.4. The predicted molar refractivity (Wildman–Crippen MR) is 113 cm³/mol. The minimum atomic E-state index is -4.43. The Morgan fingerprint density at radius 1 is 1.16 bits per heavy atom. The highest BCUT2D eigenvalue weighted by atomic mass is 32.2. The van der Waals surface area contributed by atoms with Crippen LogP contribution in [0.4, 0.5) is 5.95 Å². The number of hydrogen-bond donors (Lipinski definition) is 6. The molecule has 2 aromatic carbocycles. The molecule has 0 aliphatic rings. The molecule has 1 atom stereocenters. The normalized spacial score (nSPS) is 13.1. The second kappa shape index (κ2) is 7.69. The molecule has 0 radical (unpaired) electrons. The van der Waals surface area contributed by atoms with Crippen molar-refractivity contribution in [3.8, 4) is 22.5 Å². The van der Waals surface area contributed by atoms with Crippen molar-refractivity contribution < 1.29 is 16.8 Å². The molecule has 1 unspecified atom stereocenters. The van der Waals surface area contributed by atoms with E-state index in [1.165, 1.54) is 6.07 Å². The Balaban J connectivity index is 2.11. The molecular formula is C16H17N9O4S2. The van der Waals surface area contributed by atoms with Crippen LogP contribution in [0.2, 0.25) is 0 Å². The summed E-state index contributed by atoms with van der Waals surface area (Å²) >= 11 is 0. The standard InChI is InChI=1S/C16H17N9O4S2/c17-6-12(30(26)27)9-3-2-8(7-1-4-10-11(5-7)21-16(18)20-10)13(14(9)31(19,28)29)15-22-24-25-23-15/h1-5,12,30H,6,17H2,(H3,18,20,21)(H2,19,28,29)(H,22,23,24,25). The summed E-state index contributed by atoms with van der Waals surface area (Å²) in [5, 5.41) is 17.8. The molecule has 0 aliphatic heterocycles. The second-order valence-electron chi connectivity index (χ2n) is 6.58. The van der Waals surface area contributed by atoms with E-state index in [2.05, 4.69) is 30.6 Å². The number of tetrazole rings is 1. The number of primary sulfonamides is 1. The van der Waals surface area contributed by atoms with Crippen LogP contribution in [0, 0.1) is 0 Å². The van der Waals surface area contributed by atoms with E-state index in [0.29, 0.717) is 22.2 Å². The van der Waals surface area contributed by atoms with Crippen LogP contribution in [0.15, 0.2) is 35.2 Å². The van der Waals surface area contributed by atoms with Crippen molar-refractivity contribution in [3.63, 3.8) is 0 Å². The van der Waals surface area contributed by atoms with Crippen molar-refractivity contribution in [1.82, 2.24) is 30.6 Å². The van der Waals surface area contributed by atoms with E-state index in [9.17, 15) is 16.8 Å². The average Bonchev–Trinajstić information content (AvgIpc) is 3.35. The lowest BCUT2D eigenvalue weighted by Crippen LogP contribution is -2.22. The van der Waals surface area contributed by atoms with Crippen LogP contribution in [-0.2, 0) is 20.7 Å². The number of rotatable bonds is 6. The maximum atomic E-state index is 12.6. The van der Waals surface area contributed by atoms with Gasteiger partial charge in [-0.25, -0.2) is 27.0 Å². The Bertz CT molecular complexity index is 1450. The fourth-order valence-corrected chi connectivity index (χ4v) is 5.14. The first-order chi connectivity index (χ1) is 14.7. The molecule has 2 aromatic heterocycles. The Hall–Kier alpha value is -3.40. The number of sulfonamides is 1. The van der Waals surface area contributed by atoms with Crippen LogP contribution < -0.4 is 16.6 Å². The molecule has 8 N–H and O–H groups in total. The summed E-state index contributed by atoms with van der Waals surface area (Å²) < 4.78 is 48.8. The van der Waals surface area contributed by atoms with Crippen LogP contribution in [-0.4, -0.2) is 54.0 Å². The first-order valence-corrected chi connectivity index (χ1v) is 11.5. The molecule has 2 heterocycles. The number of benzene rings is 2. The molecule has 4 aromatic rings. The first-order valence-electron chi connectivity index (χ1n) is 8.73. The minimum Gasteiger partial charge on any atom is -0.369 e. The Labute approximate surface area is 177 Å². The summed E-state index contributed by atoms with van der Waals surface area (Å²) in [5.74, 6) is 0.135. The number of aromatic amines is 2. The Morgan fingerprint density at radius 2 is 1.94 bits per heavy atom. The van der Waals surface area contributed by atoms with Gasteiger partial charge in [-0.3, -0.25) is 0 Å². The largest absolute Gasteiger partial charge is 0.369 e. The van der Waals surface area contributed by atoms with E-state index in [1.54, 1.807) is 24.3 Å². The van der Waals surface area contributed by atoms with E-state index in [4.69, 9.17) is 16.6 Å². The molecule has 0 fully saturated rings. The summed E-state index contributed by atoms with van der Waals surface area (Å²) in [5.41, 5.74) is 13.4. The van der Waals surface area contributed by atoms with Gasteiger partial charge in [0.2, 0.25) is 15.8 Å². The fraction of sp³-hybridized carbons (Fsp3) is 0.125. The highest BCUT2D eigenvalue weighted by molar-refractivity contribution is 7.89. The number of aromatic nitrogens is 6. The highest BCUT2D eigenvalue weighted by Crippen LogP contribution is 2.40. The third-order valence-electron chi connectivity index (χ3n) is 4.69. The number of hydrogen-bond acceptors (Lipinski definition) is 10. The van der Waals surface area contributed by atoms with Gasteiger partial charge < -0.3 is 16.5 Å². The number of H-pyrrole nitrogens is 2. The van der Waals surface area contributed by atoms with Gasteiger partial charge in [0.1, 0.15) is 10.7 Å². The zero-order chi connectivity index (χ0) is 22.3. The number of thiol groups is 1. The van der Waals surface area contributed by atoms with Gasteiger partial charge in [0.25, 0.3) is 0 Å². The summed E-state index contributed by atoms with van der Waals surface area (Å²) in [6.07, 6.45) is 0. The highest BCUT2D eigenvalue weighted by Gasteiger charge is 2.30. The minimum absolute atomic E-state index is 0.00749. The predicted octanol–water partition coefficient (Wildman–Crippen LogP) is -0.749. The van der Waals surface area contributed by atoms with Crippen molar-refractivity contribution >= 4 is 37.7 Å². The van der Waals surface area contributed by atoms with E-state index in [1.807, 2.05) is 0 Å². The second-order valence-corrected chi connectivity index (χ2v) is 9.27. The lowest BCUT2D eigenvalue weighted by molar-refractivity contribution is 0.594. The maximum Gasteiger partial charge on any atom is 0.239 e. The van der Waals surface area contributed by atoms with Crippen molar-refractivity contribution in [1.29, 1.82) is 0 Å². The van der Waals surface area contributed by atoms with Crippen molar-refractivity contribution in [3.05, 3.63) is 35.9 Å². The molecule has 0 aliphatic carbocycles. The number of nitrogen functional groups attached to an aromatic ring is 1. The number of imidazole rings is 1. The van der Waals surface area contributed by atoms with E-state index in [-0.39, 0.29) is 29.4 Å². The first kappa shape index (κ1) is 20.9. The van der Waals surface area contributed by atoms with Gasteiger partial charge >= 0.3 is 0 Å². The Morgan fingerprint density at radius 3 is 2.55 bits per heavy atom. The third-order valence-corrected chi connectivity index (χ3v) is 6.70. The molecule has 31 heavy (non-hydrogen) atoms. The molecule has 13 nitrogen and oxygen atoms in total. The van der Waals surface area contributed by atoms with Crippen molar-refractivity contribution in [2.24, 2.45) is 10.9 Å². The van der Waals surface area contributed by atoms with Crippen LogP contribution in [0.25, 0.3) is 33.5 Å². The summed E-state index contributed by atoms with van der Waals surface area (Å²) in [6, 6.07) is 8.02. The zero-order valence-electron chi connectivity index (χ0n) is 15.7. The van der Waals surface area contributed by atoms with Crippen LogP contribution >= 0.6 is 0 Å². The van der Waals surface area contributed by atoms with Gasteiger partial charge in [-0.1, -0.05) is 18.2 Å². The van der Waals surface area contributed by atoms with Gasteiger partial charge in [0.15, 0.2) is 5.95 Å². The smallest absolute Gasteiger partial charge is 0.239 e. The molecule has 15 heteroatoms. The van der Waals surface area contributed by atoms with Gasteiger partial charge in [0.05, 0.1) is 26.7 Å². The van der Waals surface area contributed by atoms with E-state index < -0.39 is 30.9 Å². The van der Waals surface area contributed by atoms with Crippen molar-refractivity contribution in [2.45, 2.75) is 10.1 Å². The third kappa shape index (κ3) is 3.74. The van der Waals surface area contributed by atoms with Gasteiger partial charge in [0, 0.05) is 6.54 Å². The molecule has 0 bridgehead atoms. The molecule has 0 spiro atoms. The maximum absolute atomic E-state index is 12.6. The van der Waals surface area contributed by atoms with Crippen LogP contribution in [0.5, 0.6) is 0 Å². The fourth-order valence-electron chi connectivity index (χ4n) is 3.42. The number of nitrogens with zero attached hydrogens (tertiary/aromatic N) is 4. The molecule has 0 amide bonds. The molecule has 0 saturated carbocycles. The summed E-state index contributed by atoms with van der Waals surface area (Å²) in [7, 11) is -7.53. The van der Waals surface area contributed by atoms with Gasteiger partial charge in [-0.2, -0.15) is 5.21 Å². The molecule has 0 saturated heterocycles. The SMILES string of the molecule is NCC(c1ccc(-c2ccc3[nH]c(N)nc3c2)c(-c2nn[nH]n2)c1S(N)(=O)=O)[SH](=O)=O. The summed E-state index contributed by atoms with van der Waals surface area (Å²) in [4.78, 5) is 6.63. The molecule has 162 valence electrons. The number of nitrogens with two attached hydrogens (primary N) is 3. The quantitative estimate of drug-likeness (QED) is 0.196. The monoisotopic (exact) mass is 463 g/mol. The summed E-state index contributed by atoms with van der Waals surface area (Å²) in [6.45, 7) is -0.342. The lowest BCUT2D eigenvalue weighted by atomic mass is 9.95. The lowest BCUT2D eigenvalue weighted by Gasteiger charge is -2.18. The van der Waals surface area contributed by atoms with E-state index >= 15 is 0 Å². The van der Waals surface area contributed by atoms with Crippen LogP contribution in [0.3, 0.4) is 0 Å². The van der Waals surface area contributed by atoms with Gasteiger partial charge in [-0.05, 0) is 34.0 Å². The van der Waals surface area contributed by atoms with E-state index in [0.717, 1.165) is 0 Å². The molecular weight excluding hydrogens is 446 g/mol. The van der Waals surface area contributed by atoms with Crippen LogP contribution in [0.1, 0.15) is 10.8 Å². The Kier molecular flexibility index (Phi) is 5.18. The number of anilines is 1. The number of nitrogens with one attached hydrogen (secondary N) is 2. The average molecular weight is 464 g/mol. The number of fused-ring (bicyclic) bond motifs is 1.